The number of anilines is 1. The first-order valence-electron chi connectivity index (χ1n) is 9.49. The average Bonchev–Trinajstić information content (AvgIpc) is 3.13. The van der Waals surface area contributed by atoms with Gasteiger partial charge in [-0.1, -0.05) is 37.6 Å². The number of unbranched alkanes of at least 4 members (excludes halogenated alkanes) is 1. The van der Waals surface area contributed by atoms with Crippen LogP contribution in [0.15, 0.2) is 53.4 Å². The summed E-state index contributed by atoms with van der Waals surface area (Å²) in [4.78, 5) is 14.7. The lowest BCUT2D eigenvalue weighted by molar-refractivity contribution is 0.0762. The molecule has 144 valence electrons. The Morgan fingerprint density at radius 1 is 1.11 bits per heavy atom. The van der Waals surface area contributed by atoms with Gasteiger partial charge in [-0.2, -0.15) is 0 Å². The van der Waals surface area contributed by atoms with Gasteiger partial charge >= 0.3 is 0 Å². The van der Waals surface area contributed by atoms with Gasteiger partial charge in [-0.3, -0.25) is 9.10 Å². The van der Waals surface area contributed by atoms with Gasteiger partial charge in [0.1, 0.15) is 0 Å². The molecule has 6 heteroatoms. The first-order chi connectivity index (χ1) is 13.0. The van der Waals surface area contributed by atoms with Crippen LogP contribution in [0.5, 0.6) is 0 Å². The van der Waals surface area contributed by atoms with E-state index in [4.69, 9.17) is 0 Å². The zero-order valence-electron chi connectivity index (χ0n) is 15.9. The van der Waals surface area contributed by atoms with E-state index in [0.717, 1.165) is 24.1 Å². The van der Waals surface area contributed by atoms with Gasteiger partial charge in [0.25, 0.3) is 15.9 Å². The van der Waals surface area contributed by atoms with Crippen molar-refractivity contribution >= 4 is 21.6 Å². The molecule has 1 aliphatic heterocycles. The molecule has 1 amide bonds. The molecular weight excluding hydrogens is 360 g/mol. The van der Waals surface area contributed by atoms with Gasteiger partial charge in [0.05, 0.1) is 10.6 Å². The lowest BCUT2D eigenvalue weighted by Gasteiger charge is -2.22. The van der Waals surface area contributed by atoms with Gasteiger partial charge < -0.3 is 4.90 Å². The van der Waals surface area contributed by atoms with Gasteiger partial charge in [-0.25, -0.2) is 8.42 Å². The van der Waals surface area contributed by atoms with Crippen molar-refractivity contribution in [2.24, 2.45) is 0 Å². The maximum Gasteiger partial charge on any atom is 0.264 e. The molecule has 0 aromatic heterocycles. The Hall–Kier alpha value is -2.34. The Kier molecular flexibility index (Phi) is 5.85. The summed E-state index contributed by atoms with van der Waals surface area (Å²) in [6.45, 7) is 5.74. The summed E-state index contributed by atoms with van der Waals surface area (Å²) in [7, 11) is -3.69. The fraction of sp³-hybridized carbons (Fsp3) is 0.381. The van der Waals surface area contributed by atoms with Crippen LogP contribution < -0.4 is 4.31 Å². The predicted octanol–water partition coefficient (Wildman–Crippen LogP) is 3.70. The number of hydrogen-bond donors (Lipinski definition) is 0. The van der Waals surface area contributed by atoms with Crippen molar-refractivity contribution < 1.29 is 13.2 Å². The monoisotopic (exact) mass is 386 g/mol. The predicted molar refractivity (Wildman–Crippen MR) is 108 cm³/mol. The lowest BCUT2D eigenvalue weighted by atomic mass is 10.2. The summed E-state index contributed by atoms with van der Waals surface area (Å²) < 4.78 is 27.8. The number of rotatable bonds is 7. The van der Waals surface area contributed by atoms with Crippen molar-refractivity contribution in [2.45, 2.75) is 38.0 Å². The average molecular weight is 387 g/mol. The van der Waals surface area contributed by atoms with Crippen molar-refractivity contribution in [3.8, 4) is 0 Å². The highest BCUT2D eigenvalue weighted by Crippen LogP contribution is 2.32. The smallest absolute Gasteiger partial charge is 0.264 e. The SMILES string of the molecule is CCCCN(CC)C(=O)c1cccc(S(=O)(=O)N2CCc3ccccc32)c1. The van der Waals surface area contributed by atoms with E-state index in [1.807, 2.05) is 31.2 Å². The van der Waals surface area contributed by atoms with Crippen LogP contribution in [0.25, 0.3) is 0 Å². The number of hydrogen-bond acceptors (Lipinski definition) is 3. The third-order valence-corrected chi connectivity index (χ3v) is 6.77. The third kappa shape index (κ3) is 3.86. The van der Waals surface area contributed by atoms with Crippen LogP contribution in [0.2, 0.25) is 0 Å². The molecule has 0 bridgehead atoms. The van der Waals surface area contributed by atoms with Crippen molar-refractivity contribution in [3.63, 3.8) is 0 Å². The quantitative estimate of drug-likeness (QED) is 0.729. The highest BCUT2D eigenvalue weighted by Gasteiger charge is 2.31. The minimum atomic E-state index is -3.69. The maximum absolute atomic E-state index is 13.2. The summed E-state index contributed by atoms with van der Waals surface area (Å²) >= 11 is 0. The Morgan fingerprint density at radius 2 is 1.89 bits per heavy atom. The summed E-state index contributed by atoms with van der Waals surface area (Å²) in [5, 5.41) is 0. The molecule has 0 unspecified atom stereocenters. The molecule has 0 radical (unpaired) electrons. The molecule has 0 saturated carbocycles. The molecule has 5 nitrogen and oxygen atoms in total. The molecule has 0 N–H and O–H groups in total. The summed E-state index contributed by atoms with van der Waals surface area (Å²) in [5.74, 6) is -0.121. The Morgan fingerprint density at radius 3 is 2.63 bits per heavy atom. The number of carbonyl (C=O) groups is 1. The number of sulfonamides is 1. The van der Waals surface area contributed by atoms with Crippen molar-refractivity contribution in [1.82, 2.24) is 4.90 Å². The molecule has 1 heterocycles. The standard InChI is InChI=1S/C21H26N2O3S/c1-3-5-14-22(4-2)21(24)18-10-8-11-19(16-18)27(25,26)23-15-13-17-9-6-7-12-20(17)23/h6-12,16H,3-5,13-15H2,1-2H3. The highest BCUT2D eigenvalue weighted by atomic mass is 32.2. The molecular formula is C21H26N2O3S. The molecule has 2 aromatic carbocycles. The second kappa shape index (κ2) is 8.13. The highest BCUT2D eigenvalue weighted by molar-refractivity contribution is 7.92. The molecule has 1 aliphatic rings. The number of para-hydroxylation sites is 1. The van der Waals surface area contributed by atoms with Crippen LogP contribution in [0.1, 0.15) is 42.6 Å². The van der Waals surface area contributed by atoms with Crippen LogP contribution in [0, 0.1) is 0 Å². The van der Waals surface area contributed by atoms with Gasteiger partial charge in [0.15, 0.2) is 0 Å². The summed E-state index contributed by atoms with van der Waals surface area (Å²) in [6.07, 6.45) is 2.64. The van der Waals surface area contributed by atoms with E-state index in [-0.39, 0.29) is 10.8 Å². The number of fused-ring (bicyclic) bond motifs is 1. The molecule has 0 saturated heterocycles. The van der Waals surface area contributed by atoms with Gasteiger partial charge in [0, 0.05) is 25.2 Å². The van der Waals surface area contributed by atoms with E-state index in [9.17, 15) is 13.2 Å². The van der Waals surface area contributed by atoms with Gasteiger partial charge in [-0.05, 0) is 49.6 Å². The Bertz CT molecular complexity index is 925. The fourth-order valence-electron chi connectivity index (χ4n) is 3.41. The van der Waals surface area contributed by atoms with Crippen LogP contribution >= 0.6 is 0 Å². The first-order valence-corrected chi connectivity index (χ1v) is 10.9. The summed E-state index contributed by atoms with van der Waals surface area (Å²) in [5.41, 5.74) is 2.18. The largest absolute Gasteiger partial charge is 0.339 e. The first kappa shape index (κ1) is 19.4. The molecule has 3 rings (SSSR count). The van der Waals surface area contributed by atoms with Gasteiger partial charge in [0.2, 0.25) is 0 Å². The van der Waals surface area contributed by atoms with Crippen LogP contribution in [-0.2, 0) is 16.4 Å². The molecule has 0 fully saturated rings. The fourth-order valence-corrected chi connectivity index (χ4v) is 4.96. The van der Waals surface area contributed by atoms with Crippen molar-refractivity contribution in [1.29, 1.82) is 0 Å². The molecule has 27 heavy (non-hydrogen) atoms. The molecule has 0 spiro atoms. The van der Waals surface area contributed by atoms with E-state index in [0.29, 0.717) is 31.6 Å². The van der Waals surface area contributed by atoms with E-state index < -0.39 is 10.0 Å². The number of amides is 1. The zero-order chi connectivity index (χ0) is 19.4. The lowest BCUT2D eigenvalue weighted by Crippen LogP contribution is -2.32. The number of carbonyl (C=O) groups excluding carboxylic acids is 1. The van der Waals surface area contributed by atoms with Gasteiger partial charge in [-0.15, -0.1) is 0 Å². The Balaban J connectivity index is 1.90. The minimum absolute atomic E-state index is 0.121. The maximum atomic E-state index is 13.2. The Labute approximate surface area is 161 Å². The normalized spacial score (nSPS) is 13.5. The minimum Gasteiger partial charge on any atom is -0.339 e. The third-order valence-electron chi connectivity index (χ3n) is 4.96. The zero-order valence-corrected chi connectivity index (χ0v) is 16.7. The van der Waals surface area contributed by atoms with Crippen molar-refractivity contribution in [2.75, 3.05) is 23.9 Å². The molecule has 0 aliphatic carbocycles. The van der Waals surface area contributed by atoms with E-state index in [1.165, 1.54) is 10.4 Å². The molecule has 0 atom stereocenters. The van der Waals surface area contributed by atoms with E-state index in [2.05, 4.69) is 6.92 Å². The van der Waals surface area contributed by atoms with Crippen molar-refractivity contribution in [3.05, 3.63) is 59.7 Å². The van der Waals surface area contributed by atoms with E-state index in [1.54, 1.807) is 23.1 Å². The second-order valence-electron chi connectivity index (χ2n) is 6.72. The molecule has 2 aromatic rings. The summed E-state index contributed by atoms with van der Waals surface area (Å²) in [6, 6.07) is 14.0. The number of benzene rings is 2. The van der Waals surface area contributed by atoms with Crippen LogP contribution in [-0.4, -0.2) is 38.9 Å². The van der Waals surface area contributed by atoms with Crippen LogP contribution in [0.4, 0.5) is 5.69 Å². The topological polar surface area (TPSA) is 57.7 Å². The van der Waals surface area contributed by atoms with Crippen LogP contribution in [0.3, 0.4) is 0 Å². The number of nitrogens with zero attached hydrogens (tertiary/aromatic N) is 2. The van der Waals surface area contributed by atoms with E-state index >= 15 is 0 Å². The second-order valence-corrected chi connectivity index (χ2v) is 8.58.